The number of carbonyl (C=O) groups is 2. The molecule has 1 spiro atoms. The second kappa shape index (κ2) is 8.74. The molecule has 1 fully saturated rings. The molecule has 2 aromatic rings. The number of H-pyrrole nitrogens is 1. The maximum absolute atomic E-state index is 12.8. The molecular formula is C22H24BrN3O5. The van der Waals surface area contributed by atoms with Crippen molar-refractivity contribution in [1.82, 2.24) is 15.2 Å². The van der Waals surface area contributed by atoms with Crippen LogP contribution in [0.2, 0.25) is 0 Å². The number of aromatic amines is 1. The summed E-state index contributed by atoms with van der Waals surface area (Å²) in [5.41, 5.74) is 0.262. The van der Waals surface area contributed by atoms with Gasteiger partial charge >= 0.3 is 6.09 Å². The number of nitrogens with zero attached hydrogens (tertiary/aromatic N) is 1. The molecule has 9 heteroatoms. The third kappa shape index (κ3) is 4.61. The Morgan fingerprint density at radius 3 is 2.77 bits per heavy atom. The number of benzene rings is 1. The number of ether oxygens (including phenoxy) is 2. The van der Waals surface area contributed by atoms with Crippen LogP contribution in [0.5, 0.6) is 5.75 Å². The van der Waals surface area contributed by atoms with Crippen LogP contribution in [0.25, 0.3) is 0 Å². The zero-order chi connectivity index (χ0) is 22.0. The number of halogens is 1. The summed E-state index contributed by atoms with van der Waals surface area (Å²) in [4.78, 5) is 40.8. The first kappa shape index (κ1) is 21.4. The molecule has 0 bridgehead atoms. The van der Waals surface area contributed by atoms with Crippen molar-refractivity contribution in [3.05, 3.63) is 62.5 Å². The fourth-order valence-electron chi connectivity index (χ4n) is 4.20. The average molecular weight is 490 g/mol. The Labute approximate surface area is 188 Å². The van der Waals surface area contributed by atoms with Gasteiger partial charge in [-0.25, -0.2) is 4.79 Å². The highest BCUT2D eigenvalue weighted by molar-refractivity contribution is 9.10. The summed E-state index contributed by atoms with van der Waals surface area (Å²) >= 11 is 3.49. The first-order valence-corrected chi connectivity index (χ1v) is 11.1. The largest absolute Gasteiger partial charge is 0.487 e. The second-order valence-electron chi connectivity index (χ2n) is 7.81. The third-order valence-electron chi connectivity index (χ3n) is 5.77. The van der Waals surface area contributed by atoms with Gasteiger partial charge in [-0.15, -0.1) is 0 Å². The molecule has 0 aliphatic carbocycles. The van der Waals surface area contributed by atoms with Gasteiger partial charge in [0, 0.05) is 48.5 Å². The molecular weight excluding hydrogens is 466 g/mol. The molecule has 31 heavy (non-hydrogen) atoms. The van der Waals surface area contributed by atoms with Gasteiger partial charge in [0.05, 0.1) is 12.6 Å². The van der Waals surface area contributed by atoms with Crippen molar-refractivity contribution in [2.45, 2.75) is 37.8 Å². The van der Waals surface area contributed by atoms with E-state index in [1.54, 1.807) is 24.0 Å². The van der Waals surface area contributed by atoms with E-state index in [1.807, 2.05) is 18.2 Å². The van der Waals surface area contributed by atoms with E-state index in [2.05, 4.69) is 26.2 Å². The zero-order valence-corrected chi connectivity index (χ0v) is 18.7. The van der Waals surface area contributed by atoms with Crippen LogP contribution in [0.3, 0.4) is 0 Å². The van der Waals surface area contributed by atoms with E-state index < -0.39 is 5.60 Å². The van der Waals surface area contributed by atoms with E-state index in [0.717, 1.165) is 10.0 Å². The fraction of sp³-hybridized carbons (Fsp3) is 0.409. The smallest absolute Gasteiger partial charge is 0.409 e. The maximum atomic E-state index is 12.8. The Morgan fingerprint density at radius 1 is 1.29 bits per heavy atom. The first-order valence-electron chi connectivity index (χ1n) is 10.3. The first-order chi connectivity index (χ1) is 14.9. The Bertz CT molecular complexity index is 1050. The number of amides is 2. The predicted molar refractivity (Wildman–Crippen MR) is 117 cm³/mol. The van der Waals surface area contributed by atoms with Crippen molar-refractivity contribution in [1.29, 1.82) is 0 Å². The third-order valence-corrected chi connectivity index (χ3v) is 6.26. The summed E-state index contributed by atoms with van der Waals surface area (Å²) in [6.07, 6.45) is 1.53. The number of likely N-dealkylation sites (tertiary alicyclic amines) is 1. The number of hydrogen-bond donors (Lipinski definition) is 2. The standard InChI is InChI=1S/C22H24BrN3O5/c1-2-30-21(29)26-10-8-22(9-11-26)13-17(15-12-14(23)6-7-18(15)31-22)25-20(28)16-4-3-5-19(27)24-16/h3-7,12,17H,2,8-11,13H2,1H3,(H,24,27)(H,25,28)/t17-/m0/s1. The van der Waals surface area contributed by atoms with Crippen LogP contribution in [0.15, 0.2) is 45.7 Å². The van der Waals surface area contributed by atoms with E-state index in [1.165, 1.54) is 6.07 Å². The molecule has 1 aromatic carbocycles. The van der Waals surface area contributed by atoms with E-state index >= 15 is 0 Å². The normalized spacial score (nSPS) is 19.3. The molecule has 0 unspecified atom stereocenters. The quantitative estimate of drug-likeness (QED) is 0.687. The molecule has 1 aromatic heterocycles. The topological polar surface area (TPSA) is 101 Å². The molecule has 2 amide bonds. The van der Waals surface area contributed by atoms with Crippen molar-refractivity contribution >= 4 is 27.9 Å². The molecule has 1 saturated heterocycles. The van der Waals surface area contributed by atoms with Gasteiger partial charge in [-0.2, -0.15) is 0 Å². The van der Waals surface area contributed by atoms with Gasteiger partial charge in [0.25, 0.3) is 5.91 Å². The summed E-state index contributed by atoms with van der Waals surface area (Å²) in [5.74, 6) is 0.362. The summed E-state index contributed by atoms with van der Waals surface area (Å²) in [6, 6.07) is 9.92. The van der Waals surface area contributed by atoms with E-state index in [0.29, 0.717) is 44.7 Å². The predicted octanol–water partition coefficient (Wildman–Crippen LogP) is 3.38. The number of aromatic nitrogens is 1. The molecule has 2 N–H and O–H groups in total. The SMILES string of the molecule is CCOC(=O)N1CCC2(CC1)C[C@H](NC(=O)c1cccc(=O)[nH]1)c1cc(Br)ccc1O2. The van der Waals surface area contributed by atoms with Crippen LogP contribution in [0, 0.1) is 0 Å². The van der Waals surface area contributed by atoms with Gasteiger partial charge in [-0.1, -0.05) is 22.0 Å². The molecule has 1 atom stereocenters. The lowest BCUT2D eigenvalue weighted by Gasteiger charge is -2.46. The number of nitrogens with one attached hydrogen (secondary N) is 2. The maximum Gasteiger partial charge on any atom is 0.409 e. The van der Waals surface area contributed by atoms with Crippen LogP contribution in [0.1, 0.15) is 48.3 Å². The fourth-order valence-corrected chi connectivity index (χ4v) is 4.58. The lowest BCUT2D eigenvalue weighted by molar-refractivity contribution is -0.0233. The highest BCUT2D eigenvalue weighted by Crippen LogP contribution is 2.45. The highest BCUT2D eigenvalue weighted by Gasteiger charge is 2.44. The molecule has 2 aliphatic rings. The minimum Gasteiger partial charge on any atom is -0.487 e. The average Bonchev–Trinajstić information content (AvgIpc) is 2.75. The lowest BCUT2D eigenvalue weighted by Crippen LogP contribution is -2.53. The van der Waals surface area contributed by atoms with Crippen molar-refractivity contribution in [2.24, 2.45) is 0 Å². The van der Waals surface area contributed by atoms with Crippen molar-refractivity contribution in [3.63, 3.8) is 0 Å². The van der Waals surface area contributed by atoms with E-state index in [-0.39, 0.29) is 29.3 Å². The molecule has 3 heterocycles. The van der Waals surface area contributed by atoms with Crippen LogP contribution < -0.4 is 15.6 Å². The van der Waals surface area contributed by atoms with Crippen LogP contribution >= 0.6 is 15.9 Å². The number of piperidine rings is 1. The molecule has 164 valence electrons. The van der Waals surface area contributed by atoms with Gasteiger partial charge in [0.2, 0.25) is 5.56 Å². The Balaban J connectivity index is 1.57. The van der Waals surface area contributed by atoms with E-state index in [4.69, 9.17) is 9.47 Å². The molecule has 8 nitrogen and oxygen atoms in total. The van der Waals surface area contributed by atoms with Gasteiger partial charge in [-0.3, -0.25) is 9.59 Å². The van der Waals surface area contributed by atoms with Gasteiger partial charge in [0.15, 0.2) is 0 Å². The summed E-state index contributed by atoms with van der Waals surface area (Å²) in [5, 5.41) is 3.06. The molecule has 2 aliphatic heterocycles. The van der Waals surface area contributed by atoms with Gasteiger partial charge in [-0.05, 0) is 31.2 Å². The molecule has 0 saturated carbocycles. The molecule has 0 radical (unpaired) electrons. The number of rotatable bonds is 3. The molecule has 4 rings (SSSR count). The monoisotopic (exact) mass is 489 g/mol. The van der Waals surface area contributed by atoms with Crippen molar-refractivity contribution in [3.8, 4) is 5.75 Å². The van der Waals surface area contributed by atoms with Crippen LogP contribution in [0.4, 0.5) is 4.79 Å². The summed E-state index contributed by atoms with van der Waals surface area (Å²) in [6.45, 7) is 3.18. The van der Waals surface area contributed by atoms with Crippen LogP contribution in [-0.2, 0) is 4.74 Å². The zero-order valence-electron chi connectivity index (χ0n) is 17.2. The Kier molecular flexibility index (Phi) is 6.04. The van der Waals surface area contributed by atoms with Gasteiger partial charge in [0.1, 0.15) is 17.0 Å². The second-order valence-corrected chi connectivity index (χ2v) is 8.73. The Morgan fingerprint density at radius 2 is 2.06 bits per heavy atom. The number of hydrogen-bond acceptors (Lipinski definition) is 5. The van der Waals surface area contributed by atoms with Crippen molar-refractivity contribution in [2.75, 3.05) is 19.7 Å². The minimum absolute atomic E-state index is 0.210. The Hall–Kier alpha value is -2.81. The highest BCUT2D eigenvalue weighted by atomic mass is 79.9. The van der Waals surface area contributed by atoms with Gasteiger partial charge < -0.3 is 24.7 Å². The van der Waals surface area contributed by atoms with E-state index in [9.17, 15) is 14.4 Å². The van der Waals surface area contributed by atoms with Crippen LogP contribution in [-0.4, -0.2) is 47.2 Å². The number of carbonyl (C=O) groups excluding carboxylic acids is 2. The summed E-state index contributed by atoms with van der Waals surface area (Å²) < 4.78 is 12.4. The lowest BCUT2D eigenvalue weighted by atomic mass is 9.80. The minimum atomic E-state index is -0.494. The van der Waals surface area contributed by atoms with Crippen molar-refractivity contribution < 1.29 is 19.1 Å². The summed E-state index contributed by atoms with van der Waals surface area (Å²) in [7, 11) is 0. The number of fused-ring (bicyclic) bond motifs is 1. The number of pyridine rings is 1.